The first kappa shape index (κ1) is 26.7. The lowest BCUT2D eigenvalue weighted by Gasteiger charge is -2.21. The van der Waals surface area contributed by atoms with E-state index in [1.807, 2.05) is 0 Å². The van der Waals surface area contributed by atoms with E-state index >= 15 is 0 Å². The molecule has 3 heterocycles. The number of nitrogens with two attached hydrogens (primary N) is 1. The maximum atomic E-state index is 13.8. The molecule has 0 atom stereocenters. The van der Waals surface area contributed by atoms with Gasteiger partial charge < -0.3 is 10.5 Å². The summed E-state index contributed by atoms with van der Waals surface area (Å²) in [5, 5.41) is 4.02. The van der Waals surface area contributed by atoms with Crippen molar-refractivity contribution in [2.45, 2.75) is 34.8 Å². The molecule has 0 saturated heterocycles. The smallest absolute Gasteiger partial charge is 0.435 e. The number of benzene rings is 1. The first-order valence-electron chi connectivity index (χ1n) is 9.95. The van der Waals surface area contributed by atoms with Crippen molar-refractivity contribution < 1.29 is 26.4 Å². The largest absolute Gasteiger partial charge is 0.442 e. The van der Waals surface area contributed by atoms with Crippen LogP contribution in [0.1, 0.15) is 20.8 Å². The lowest BCUT2D eigenvalue weighted by molar-refractivity contribution is 0.0523. The number of carbonyl (C=O) groups is 1. The SMILES string of the molecule is CC(C)(C)OC(=O)n1nc(N(S(=O)(=O)c2ccc(Cl)s2)S(=O)(=O)c2ccc(Cl)s2)c2c(N)cccc21. The fourth-order valence-corrected chi connectivity index (χ4v) is 10.1. The maximum absolute atomic E-state index is 13.8. The van der Waals surface area contributed by atoms with Gasteiger partial charge in [0.25, 0.3) is 20.0 Å². The summed E-state index contributed by atoms with van der Waals surface area (Å²) in [6.07, 6.45) is -0.961. The number of ether oxygens (including phenoxy) is 1. The second kappa shape index (κ2) is 9.19. The summed E-state index contributed by atoms with van der Waals surface area (Å²) in [6.45, 7) is 4.90. The molecule has 0 spiro atoms. The van der Waals surface area contributed by atoms with E-state index in [1.54, 1.807) is 20.8 Å². The van der Waals surface area contributed by atoms with Crippen LogP contribution in [0.3, 0.4) is 0 Å². The van der Waals surface area contributed by atoms with Crippen LogP contribution in [0.2, 0.25) is 8.67 Å². The van der Waals surface area contributed by atoms with Crippen molar-refractivity contribution in [3.63, 3.8) is 0 Å². The van der Waals surface area contributed by atoms with E-state index in [1.165, 1.54) is 42.5 Å². The van der Waals surface area contributed by atoms with Gasteiger partial charge in [0.1, 0.15) is 14.0 Å². The molecule has 192 valence electrons. The van der Waals surface area contributed by atoms with Crippen LogP contribution >= 0.6 is 45.9 Å². The quantitative estimate of drug-likeness (QED) is 0.296. The Morgan fingerprint density at radius 2 is 1.50 bits per heavy atom. The Morgan fingerprint density at radius 1 is 0.972 bits per heavy atom. The van der Waals surface area contributed by atoms with Gasteiger partial charge in [-0.2, -0.15) is 21.5 Å². The van der Waals surface area contributed by atoms with Crippen LogP contribution in [-0.2, 0) is 24.8 Å². The van der Waals surface area contributed by atoms with Gasteiger partial charge in [-0.15, -0.1) is 31.5 Å². The zero-order chi connectivity index (χ0) is 26.6. The third kappa shape index (κ3) is 4.80. The highest BCUT2D eigenvalue weighted by Crippen LogP contribution is 2.41. The van der Waals surface area contributed by atoms with Crippen molar-refractivity contribution in [3.8, 4) is 0 Å². The molecule has 4 rings (SSSR count). The molecule has 16 heteroatoms. The molecule has 0 fully saturated rings. The number of nitrogen functional groups attached to an aromatic ring is 1. The Hall–Kier alpha value is -2.36. The summed E-state index contributed by atoms with van der Waals surface area (Å²) in [5.74, 6) is -0.608. The predicted octanol–water partition coefficient (Wildman–Crippen LogP) is 5.42. The fourth-order valence-electron chi connectivity index (χ4n) is 3.14. The fraction of sp³-hybridized carbons (Fsp3) is 0.200. The number of hydrogen-bond acceptors (Lipinski definition) is 10. The standard InChI is InChI=1S/C20H18Cl2N4O6S4/c1-20(2,3)32-19(27)25-12-6-4-5-11(23)17(12)18(24-25)26(35(28,29)15-9-7-13(21)33-15)36(30,31)16-10-8-14(22)34-16/h4-10H,23H2,1-3H3. The highest BCUT2D eigenvalue weighted by atomic mass is 35.5. The molecule has 1 aromatic carbocycles. The minimum atomic E-state index is -4.83. The van der Waals surface area contributed by atoms with Gasteiger partial charge in [-0.25, -0.2) is 4.79 Å². The van der Waals surface area contributed by atoms with Gasteiger partial charge >= 0.3 is 6.09 Å². The van der Waals surface area contributed by atoms with Gasteiger partial charge in [-0.3, -0.25) is 0 Å². The maximum Gasteiger partial charge on any atom is 0.435 e. The Kier molecular flexibility index (Phi) is 6.81. The predicted molar refractivity (Wildman–Crippen MR) is 141 cm³/mol. The molecule has 0 unspecified atom stereocenters. The van der Waals surface area contributed by atoms with E-state index in [0.717, 1.165) is 4.68 Å². The van der Waals surface area contributed by atoms with Crippen LogP contribution in [-0.4, -0.2) is 38.3 Å². The van der Waals surface area contributed by atoms with Crippen molar-refractivity contribution in [2.75, 3.05) is 9.44 Å². The van der Waals surface area contributed by atoms with Crippen LogP contribution in [0.15, 0.2) is 50.9 Å². The van der Waals surface area contributed by atoms with Crippen LogP contribution < -0.4 is 9.44 Å². The zero-order valence-corrected chi connectivity index (χ0v) is 23.6. The average Bonchev–Trinajstić information content (AvgIpc) is 3.46. The molecule has 2 N–H and O–H groups in total. The number of thiophene rings is 2. The first-order chi connectivity index (χ1) is 16.6. The van der Waals surface area contributed by atoms with Gasteiger partial charge in [0, 0.05) is 5.69 Å². The number of rotatable bonds is 5. The van der Waals surface area contributed by atoms with E-state index in [0.29, 0.717) is 22.7 Å². The van der Waals surface area contributed by atoms with Gasteiger partial charge in [0.2, 0.25) is 0 Å². The number of fused-ring (bicyclic) bond motifs is 1. The second-order valence-corrected chi connectivity index (χ2v) is 16.0. The number of sulfonamides is 2. The van der Waals surface area contributed by atoms with Crippen molar-refractivity contribution >= 4 is 94.4 Å². The second-order valence-electron chi connectivity index (χ2n) is 8.28. The first-order valence-corrected chi connectivity index (χ1v) is 15.2. The zero-order valence-electron chi connectivity index (χ0n) is 18.8. The molecular formula is C20H18Cl2N4O6S4. The molecule has 0 saturated carbocycles. The average molecular weight is 610 g/mol. The highest BCUT2D eigenvalue weighted by Gasteiger charge is 2.42. The van der Waals surface area contributed by atoms with E-state index < -0.39 is 37.6 Å². The van der Waals surface area contributed by atoms with Crippen LogP contribution in [0.5, 0.6) is 0 Å². The molecule has 0 bridgehead atoms. The number of hydrogen-bond donors (Lipinski definition) is 1. The monoisotopic (exact) mass is 608 g/mol. The third-order valence-corrected chi connectivity index (χ3v) is 12.0. The molecule has 0 aliphatic heterocycles. The Bertz CT molecular complexity index is 1630. The van der Waals surface area contributed by atoms with Gasteiger partial charge in [0.15, 0.2) is 5.82 Å². The van der Waals surface area contributed by atoms with E-state index in [4.69, 9.17) is 33.7 Å². The lowest BCUT2D eigenvalue weighted by atomic mass is 10.2. The van der Waals surface area contributed by atoms with Crippen molar-refractivity contribution in [1.29, 1.82) is 0 Å². The minimum Gasteiger partial charge on any atom is -0.442 e. The minimum absolute atomic E-state index is 0.0128. The van der Waals surface area contributed by atoms with Gasteiger partial charge in [-0.1, -0.05) is 29.3 Å². The summed E-state index contributed by atoms with van der Waals surface area (Å²) in [6, 6.07) is 9.35. The Labute approximate surface area is 224 Å². The van der Waals surface area contributed by atoms with Crippen molar-refractivity contribution in [3.05, 3.63) is 51.1 Å². The normalized spacial score (nSPS) is 12.7. The number of anilines is 2. The van der Waals surface area contributed by atoms with Crippen molar-refractivity contribution in [2.24, 2.45) is 0 Å². The molecule has 0 aliphatic carbocycles. The summed E-state index contributed by atoms with van der Waals surface area (Å²) < 4.78 is 61.0. The number of halogens is 2. The summed E-state index contributed by atoms with van der Waals surface area (Å²) in [5.41, 5.74) is 5.26. The molecule has 36 heavy (non-hydrogen) atoms. The number of carbonyl (C=O) groups excluding carboxylic acids is 1. The highest BCUT2D eigenvalue weighted by molar-refractivity contribution is 8.11. The molecular weight excluding hydrogens is 591 g/mol. The van der Waals surface area contributed by atoms with Gasteiger partial charge in [0.05, 0.1) is 19.6 Å². The molecule has 0 aliphatic rings. The Morgan fingerprint density at radius 3 is 1.94 bits per heavy atom. The van der Waals surface area contributed by atoms with Crippen molar-refractivity contribution in [1.82, 2.24) is 9.78 Å². The number of nitrogens with zero attached hydrogens (tertiary/aromatic N) is 3. The van der Waals surface area contributed by atoms with Gasteiger partial charge in [-0.05, 0) is 57.2 Å². The topological polar surface area (TPSA) is 142 Å². The number of aromatic nitrogens is 2. The molecule has 10 nitrogen and oxygen atoms in total. The van der Waals surface area contributed by atoms with Crippen LogP contribution in [0.25, 0.3) is 10.9 Å². The molecule has 3 aromatic heterocycles. The summed E-state index contributed by atoms with van der Waals surface area (Å²) in [7, 11) is -9.65. The van der Waals surface area contributed by atoms with E-state index in [-0.39, 0.29) is 37.4 Å². The van der Waals surface area contributed by atoms with E-state index in [9.17, 15) is 21.6 Å². The summed E-state index contributed by atoms with van der Waals surface area (Å²) >= 11 is 13.2. The Balaban J connectivity index is 2.07. The van der Waals surface area contributed by atoms with E-state index in [2.05, 4.69) is 5.10 Å². The third-order valence-electron chi connectivity index (χ3n) is 4.50. The van der Waals surface area contributed by atoms with Crippen LogP contribution in [0.4, 0.5) is 16.3 Å². The lowest BCUT2D eigenvalue weighted by Crippen LogP contribution is -2.37. The molecule has 0 amide bonds. The molecule has 4 aromatic rings. The van der Waals surface area contributed by atoms with Crippen LogP contribution in [0, 0.1) is 0 Å². The molecule has 0 radical (unpaired) electrons. The summed E-state index contributed by atoms with van der Waals surface area (Å²) in [4.78, 5) is 13.0.